The molecule has 4 N–H and O–H groups in total. The summed E-state index contributed by atoms with van der Waals surface area (Å²) < 4.78 is 35.1. The highest BCUT2D eigenvalue weighted by Crippen LogP contribution is 2.24. The van der Waals surface area contributed by atoms with Crippen molar-refractivity contribution in [3.8, 4) is 11.5 Å². The van der Waals surface area contributed by atoms with E-state index in [-0.39, 0.29) is 30.5 Å². The molecule has 0 bridgehead atoms. The summed E-state index contributed by atoms with van der Waals surface area (Å²) in [6, 6.07) is 10.6. The first-order valence-electron chi connectivity index (χ1n) is 9.12. The normalized spacial score (nSPS) is 13.3. The van der Waals surface area contributed by atoms with Crippen molar-refractivity contribution in [2.75, 3.05) is 31.2 Å². The van der Waals surface area contributed by atoms with Gasteiger partial charge >= 0.3 is 5.97 Å². The average molecular weight is 439 g/mol. The lowest BCUT2D eigenvalue weighted by Gasteiger charge is -2.18. The molecule has 2 aromatic rings. The molecule has 0 aliphatic carbocycles. The van der Waals surface area contributed by atoms with Gasteiger partial charge in [0.1, 0.15) is 23.7 Å². The third-order valence-corrected chi connectivity index (χ3v) is 4.74. The van der Waals surface area contributed by atoms with E-state index in [0.29, 0.717) is 17.0 Å². The molecular weight excluding hydrogens is 412 g/mol. The van der Waals surface area contributed by atoms with Gasteiger partial charge in [0.05, 0.1) is 19.5 Å². The zero-order chi connectivity index (χ0) is 22.3. The van der Waals surface area contributed by atoms with Gasteiger partial charge in [-0.3, -0.25) is 4.72 Å². The van der Waals surface area contributed by atoms with E-state index in [9.17, 15) is 23.4 Å². The largest absolute Gasteiger partial charge is 0.507 e. The van der Waals surface area contributed by atoms with Crippen molar-refractivity contribution in [3.63, 3.8) is 0 Å². The number of hydrogen-bond donors (Lipinski definition) is 4. The Bertz CT molecular complexity index is 962. The van der Waals surface area contributed by atoms with Crippen LogP contribution in [0.25, 0.3) is 0 Å². The number of carbonyl (C=O) groups is 1. The summed E-state index contributed by atoms with van der Waals surface area (Å²) in [4.78, 5) is 11.6. The smallest absolute Gasteiger partial charge is 0.341 e. The Kier molecular flexibility index (Phi) is 8.04. The topological polar surface area (TPSA) is 134 Å². The van der Waals surface area contributed by atoms with E-state index in [0.717, 1.165) is 6.26 Å². The number of aromatic hydroxyl groups is 1. The van der Waals surface area contributed by atoms with Crippen LogP contribution in [0.1, 0.15) is 28.9 Å². The van der Waals surface area contributed by atoms with Gasteiger partial charge in [-0.05, 0) is 42.8 Å². The zero-order valence-corrected chi connectivity index (χ0v) is 17.8. The maximum absolute atomic E-state index is 11.6. The van der Waals surface area contributed by atoms with E-state index >= 15 is 0 Å². The number of phenolic OH excluding ortho intramolecular Hbond substituents is 1. The van der Waals surface area contributed by atoms with Crippen molar-refractivity contribution < 1.29 is 32.9 Å². The van der Waals surface area contributed by atoms with E-state index in [1.165, 1.54) is 25.3 Å². The fraction of sp³-hybridized carbons (Fsp3) is 0.350. The number of carbonyl (C=O) groups excluding carboxylic acids is 1. The highest BCUT2D eigenvalue weighted by atomic mass is 32.2. The van der Waals surface area contributed by atoms with Crippen LogP contribution in [0.2, 0.25) is 0 Å². The van der Waals surface area contributed by atoms with Crippen LogP contribution in [0, 0.1) is 0 Å². The van der Waals surface area contributed by atoms with Gasteiger partial charge in [0.2, 0.25) is 10.0 Å². The van der Waals surface area contributed by atoms with Crippen LogP contribution in [0.5, 0.6) is 11.5 Å². The molecule has 2 atom stereocenters. The van der Waals surface area contributed by atoms with Crippen molar-refractivity contribution in [2.24, 2.45) is 0 Å². The molecule has 30 heavy (non-hydrogen) atoms. The van der Waals surface area contributed by atoms with Gasteiger partial charge in [-0.1, -0.05) is 12.1 Å². The molecule has 0 aliphatic heterocycles. The molecule has 0 saturated carbocycles. The van der Waals surface area contributed by atoms with Crippen molar-refractivity contribution in [1.82, 2.24) is 5.32 Å². The predicted molar refractivity (Wildman–Crippen MR) is 112 cm³/mol. The molecule has 2 unspecified atom stereocenters. The Balaban J connectivity index is 1.84. The lowest BCUT2D eigenvalue weighted by Crippen LogP contribution is -2.34. The Morgan fingerprint density at radius 3 is 2.43 bits per heavy atom. The van der Waals surface area contributed by atoms with Crippen molar-refractivity contribution in [3.05, 3.63) is 53.6 Å². The Hall–Kier alpha value is -2.82. The lowest BCUT2D eigenvalue weighted by atomic mass is 10.1. The maximum Gasteiger partial charge on any atom is 0.341 e. The van der Waals surface area contributed by atoms with Crippen molar-refractivity contribution >= 4 is 21.7 Å². The molecule has 2 rings (SSSR count). The summed E-state index contributed by atoms with van der Waals surface area (Å²) in [6.45, 7) is 2.38. The molecule has 0 heterocycles. The second kappa shape index (κ2) is 10.3. The number of phenols is 1. The molecule has 10 heteroatoms. The number of methoxy groups -OCH3 is 1. The molecule has 0 radical (unpaired) electrons. The average Bonchev–Trinajstić information content (AvgIpc) is 2.70. The highest BCUT2D eigenvalue weighted by molar-refractivity contribution is 7.92. The van der Waals surface area contributed by atoms with Gasteiger partial charge in [0.25, 0.3) is 0 Å². The summed E-state index contributed by atoms with van der Waals surface area (Å²) in [7, 11) is -2.13. The minimum atomic E-state index is -3.35. The fourth-order valence-electron chi connectivity index (χ4n) is 2.58. The van der Waals surface area contributed by atoms with E-state index < -0.39 is 22.1 Å². The highest BCUT2D eigenvalue weighted by Gasteiger charge is 2.14. The van der Waals surface area contributed by atoms with Crippen molar-refractivity contribution in [2.45, 2.75) is 19.1 Å². The Morgan fingerprint density at radius 1 is 1.17 bits per heavy atom. The summed E-state index contributed by atoms with van der Waals surface area (Å²) in [6.07, 6.45) is 0.275. The van der Waals surface area contributed by atoms with E-state index in [1.54, 1.807) is 24.3 Å². The minimum absolute atomic E-state index is 0.0137. The molecule has 2 aromatic carbocycles. The number of benzene rings is 2. The van der Waals surface area contributed by atoms with Crippen LogP contribution >= 0.6 is 0 Å². The fourth-order valence-corrected chi connectivity index (χ4v) is 3.14. The van der Waals surface area contributed by atoms with Gasteiger partial charge in [0, 0.05) is 18.3 Å². The number of aliphatic hydroxyl groups is 1. The number of sulfonamides is 1. The third-order valence-electron chi connectivity index (χ3n) is 4.13. The first-order valence-corrected chi connectivity index (χ1v) is 11.0. The van der Waals surface area contributed by atoms with Crippen LogP contribution in [0.4, 0.5) is 5.69 Å². The summed E-state index contributed by atoms with van der Waals surface area (Å²) >= 11 is 0. The molecule has 164 valence electrons. The molecule has 0 fully saturated rings. The molecule has 0 aliphatic rings. The number of hydrogen-bond acceptors (Lipinski definition) is 8. The minimum Gasteiger partial charge on any atom is -0.507 e. The van der Waals surface area contributed by atoms with Gasteiger partial charge in [-0.2, -0.15) is 0 Å². The number of anilines is 1. The molecule has 0 amide bonds. The van der Waals surface area contributed by atoms with Crippen LogP contribution in [-0.2, 0) is 14.8 Å². The summed E-state index contributed by atoms with van der Waals surface area (Å²) in [5, 5.41) is 23.2. The number of aliphatic hydroxyl groups excluding tert-OH is 1. The Morgan fingerprint density at radius 2 is 1.83 bits per heavy atom. The second-order valence-electron chi connectivity index (χ2n) is 6.80. The predicted octanol–water partition coefficient (Wildman–Crippen LogP) is 1.64. The number of ether oxygens (including phenoxy) is 2. The van der Waals surface area contributed by atoms with E-state index in [4.69, 9.17) is 4.74 Å². The van der Waals surface area contributed by atoms with Gasteiger partial charge in [-0.25, -0.2) is 13.2 Å². The van der Waals surface area contributed by atoms with Crippen LogP contribution in [0.15, 0.2) is 42.5 Å². The molecule has 0 aromatic heterocycles. The second-order valence-corrected chi connectivity index (χ2v) is 8.55. The van der Waals surface area contributed by atoms with E-state index in [2.05, 4.69) is 14.8 Å². The van der Waals surface area contributed by atoms with Crippen LogP contribution in [0.3, 0.4) is 0 Å². The third kappa shape index (κ3) is 7.21. The summed E-state index contributed by atoms with van der Waals surface area (Å²) in [5.41, 5.74) is 1.07. The van der Waals surface area contributed by atoms with Crippen molar-refractivity contribution in [1.29, 1.82) is 0 Å². The van der Waals surface area contributed by atoms with Crippen LogP contribution < -0.4 is 14.8 Å². The van der Waals surface area contributed by atoms with Gasteiger partial charge in [0.15, 0.2) is 0 Å². The number of nitrogens with one attached hydrogen (secondary N) is 2. The SMILES string of the molecule is COC(=O)c1cc(OCC(C)NCC(O)c2ccc(NS(C)(=O)=O)cc2)ccc1O. The number of rotatable bonds is 10. The standard InChI is InChI=1S/C20H26N2O7S/c1-13(12-29-16-8-9-18(23)17(10-16)20(25)28-2)21-11-19(24)14-4-6-15(7-5-14)22-30(3,26)27/h4-10,13,19,21-24H,11-12H2,1-3H3. The molecule has 0 spiro atoms. The van der Waals surface area contributed by atoms with Gasteiger partial charge in [-0.15, -0.1) is 0 Å². The quantitative estimate of drug-likeness (QED) is 0.411. The van der Waals surface area contributed by atoms with Gasteiger partial charge < -0.3 is 25.0 Å². The van der Waals surface area contributed by atoms with Crippen LogP contribution in [-0.4, -0.2) is 57.2 Å². The molecule has 9 nitrogen and oxygen atoms in total. The molecular formula is C20H26N2O7S. The first kappa shape index (κ1) is 23.5. The monoisotopic (exact) mass is 438 g/mol. The molecule has 0 saturated heterocycles. The zero-order valence-electron chi connectivity index (χ0n) is 17.0. The summed E-state index contributed by atoms with van der Waals surface area (Å²) in [5.74, 6) is -0.456. The number of esters is 1. The Labute approximate surface area is 175 Å². The maximum atomic E-state index is 11.6. The first-order chi connectivity index (χ1) is 14.1. The van der Waals surface area contributed by atoms with E-state index in [1.807, 2.05) is 6.92 Å². The lowest BCUT2D eigenvalue weighted by molar-refractivity contribution is 0.0596.